The maximum absolute atomic E-state index is 12.5. The van der Waals surface area contributed by atoms with Crippen molar-refractivity contribution >= 4 is 50.4 Å². The van der Waals surface area contributed by atoms with Crippen molar-refractivity contribution in [2.75, 3.05) is 14.2 Å². The van der Waals surface area contributed by atoms with Crippen molar-refractivity contribution in [1.29, 1.82) is 0 Å². The highest BCUT2D eigenvalue weighted by molar-refractivity contribution is 8.26. The lowest BCUT2D eigenvalue weighted by Crippen LogP contribution is -2.22. The van der Waals surface area contributed by atoms with Crippen LogP contribution in [0.2, 0.25) is 0 Å². The number of thioether (sulfide) groups is 1. The van der Waals surface area contributed by atoms with Crippen LogP contribution in [0.5, 0.6) is 11.5 Å². The summed E-state index contributed by atoms with van der Waals surface area (Å²) in [7, 11) is -0.969. The Labute approximate surface area is 173 Å². The van der Waals surface area contributed by atoms with Crippen molar-refractivity contribution in [2.45, 2.75) is 11.8 Å². The minimum atomic E-state index is -4.00. The number of carbonyl (C=O) groups excluding carboxylic acids is 1. The third kappa shape index (κ3) is 4.21. The first-order valence-corrected chi connectivity index (χ1v) is 10.8. The summed E-state index contributed by atoms with van der Waals surface area (Å²) < 4.78 is 36.0. The summed E-state index contributed by atoms with van der Waals surface area (Å²) in [6.07, 6.45) is 1.67. The lowest BCUT2D eigenvalue weighted by Gasteiger charge is -2.11. The summed E-state index contributed by atoms with van der Waals surface area (Å²) >= 11 is 6.32. The molecule has 0 N–H and O–H groups in total. The van der Waals surface area contributed by atoms with Crippen molar-refractivity contribution < 1.29 is 22.1 Å². The second-order valence-corrected chi connectivity index (χ2v) is 9.22. The topological polar surface area (TPSA) is 72.9 Å². The SMILES string of the molecule is COc1cc(/C=C2/SC(=S)N(C)C2=O)ccc1OS(=O)(=O)c1ccc(C)cc1. The van der Waals surface area contributed by atoms with Crippen molar-refractivity contribution in [3.8, 4) is 11.5 Å². The van der Waals surface area contributed by atoms with E-state index in [9.17, 15) is 13.2 Å². The van der Waals surface area contributed by atoms with Crippen LogP contribution in [0, 0.1) is 6.92 Å². The molecule has 0 aromatic heterocycles. The first-order chi connectivity index (χ1) is 13.2. The molecule has 1 fully saturated rings. The van der Waals surface area contributed by atoms with Gasteiger partial charge in [0.1, 0.15) is 9.22 Å². The van der Waals surface area contributed by atoms with Gasteiger partial charge in [0, 0.05) is 7.05 Å². The molecule has 28 heavy (non-hydrogen) atoms. The van der Waals surface area contributed by atoms with Crippen LogP contribution in [0.25, 0.3) is 6.08 Å². The van der Waals surface area contributed by atoms with E-state index in [4.69, 9.17) is 21.1 Å². The van der Waals surface area contributed by atoms with Gasteiger partial charge in [0.15, 0.2) is 11.5 Å². The molecule has 0 spiro atoms. The van der Waals surface area contributed by atoms with Gasteiger partial charge in [-0.2, -0.15) is 8.42 Å². The minimum absolute atomic E-state index is 0.0517. The number of rotatable bonds is 5. The van der Waals surface area contributed by atoms with E-state index < -0.39 is 10.1 Å². The fraction of sp³-hybridized carbons (Fsp3) is 0.158. The van der Waals surface area contributed by atoms with Crippen molar-refractivity contribution in [2.24, 2.45) is 0 Å². The molecule has 0 radical (unpaired) electrons. The first kappa shape index (κ1) is 20.4. The summed E-state index contributed by atoms with van der Waals surface area (Å²) in [5.74, 6) is 0.107. The van der Waals surface area contributed by atoms with E-state index in [1.165, 1.54) is 42.0 Å². The summed E-state index contributed by atoms with van der Waals surface area (Å²) in [6.45, 7) is 1.87. The molecule has 0 unspecified atom stereocenters. The normalized spacial score (nSPS) is 16.0. The third-order valence-electron chi connectivity index (χ3n) is 3.98. The van der Waals surface area contributed by atoms with Crippen molar-refractivity contribution in [3.63, 3.8) is 0 Å². The fourth-order valence-corrected chi connectivity index (χ4v) is 4.53. The Morgan fingerprint density at radius 2 is 1.79 bits per heavy atom. The molecule has 6 nitrogen and oxygen atoms in total. The second-order valence-electron chi connectivity index (χ2n) is 6.00. The smallest absolute Gasteiger partial charge is 0.339 e. The van der Waals surface area contributed by atoms with Gasteiger partial charge in [-0.25, -0.2) is 0 Å². The van der Waals surface area contributed by atoms with E-state index in [0.29, 0.717) is 14.8 Å². The van der Waals surface area contributed by atoms with Crippen LogP contribution in [0.4, 0.5) is 0 Å². The van der Waals surface area contributed by atoms with Gasteiger partial charge in [-0.05, 0) is 42.8 Å². The average molecular weight is 436 g/mol. The molecule has 3 rings (SSSR count). The zero-order valence-corrected chi connectivity index (χ0v) is 17.8. The zero-order valence-electron chi connectivity index (χ0n) is 15.3. The summed E-state index contributed by atoms with van der Waals surface area (Å²) in [5, 5.41) is 0. The van der Waals surface area contributed by atoms with Gasteiger partial charge in [0.05, 0.1) is 12.0 Å². The Bertz CT molecular complexity index is 1080. The quantitative estimate of drug-likeness (QED) is 0.404. The number of ether oxygens (including phenoxy) is 1. The number of methoxy groups -OCH3 is 1. The largest absolute Gasteiger partial charge is 0.493 e. The highest BCUT2D eigenvalue weighted by Gasteiger charge is 2.28. The van der Waals surface area contributed by atoms with Gasteiger partial charge in [0.2, 0.25) is 0 Å². The molecule has 1 aliphatic rings. The Morgan fingerprint density at radius 1 is 1.11 bits per heavy atom. The van der Waals surface area contributed by atoms with Gasteiger partial charge < -0.3 is 8.92 Å². The number of carbonyl (C=O) groups is 1. The van der Waals surface area contributed by atoms with Crippen LogP contribution in [0.15, 0.2) is 52.3 Å². The number of thiocarbonyl (C=S) groups is 1. The Balaban J connectivity index is 1.89. The van der Waals surface area contributed by atoms with E-state index in [1.54, 1.807) is 37.4 Å². The van der Waals surface area contributed by atoms with Crippen LogP contribution in [-0.2, 0) is 14.9 Å². The van der Waals surface area contributed by atoms with Gasteiger partial charge in [-0.15, -0.1) is 0 Å². The number of likely N-dealkylation sites (N-methyl/N-ethyl adjacent to an activating group) is 1. The third-order valence-corrected chi connectivity index (χ3v) is 6.71. The molecule has 1 amide bonds. The van der Waals surface area contributed by atoms with E-state index in [0.717, 1.165) is 5.56 Å². The summed E-state index contributed by atoms with van der Waals surface area (Å²) in [5.41, 5.74) is 1.60. The number of amides is 1. The lowest BCUT2D eigenvalue weighted by atomic mass is 10.2. The molecule has 2 aromatic rings. The van der Waals surface area contributed by atoms with Crippen molar-refractivity contribution in [3.05, 3.63) is 58.5 Å². The van der Waals surface area contributed by atoms with Crippen LogP contribution in [0.3, 0.4) is 0 Å². The number of aryl methyl sites for hydroxylation is 1. The van der Waals surface area contributed by atoms with Gasteiger partial charge in [-0.3, -0.25) is 9.69 Å². The number of hydrogen-bond acceptors (Lipinski definition) is 7. The maximum atomic E-state index is 12.5. The van der Waals surface area contributed by atoms with Crippen LogP contribution in [-0.4, -0.2) is 37.7 Å². The Hall–Kier alpha value is -2.36. The molecule has 0 bridgehead atoms. The highest BCUT2D eigenvalue weighted by atomic mass is 32.2. The predicted molar refractivity (Wildman–Crippen MR) is 113 cm³/mol. The molecule has 0 aliphatic carbocycles. The first-order valence-electron chi connectivity index (χ1n) is 8.12. The van der Waals surface area contributed by atoms with Gasteiger partial charge in [0.25, 0.3) is 5.91 Å². The number of benzene rings is 2. The lowest BCUT2D eigenvalue weighted by molar-refractivity contribution is -0.121. The molecular weight excluding hydrogens is 418 g/mol. The molecule has 1 aliphatic heterocycles. The Kier molecular flexibility index (Phi) is 5.78. The standard InChI is InChI=1S/C19H17NO5S3/c1-12-4-7-14(8-5-12)28(22,23)25-15-9-6-13(10-16(15)24-3)11-17-18(21)20(2)19(26)27-17/h4-11H,1-3H3/b17-11+. The molecular formula is C19H17NO5S3. The van der Waals surface area contributed by atoms with Gasteiger partial charge in [-0.1, -0.05) is 47.7 Å². The Morgan fingerprint density at radius 3 is 2.36 bits per heavy atom. The average Bonchev–Trinajstić information content (AvgIpc) is 2.90. The second kappa shape index (κ2) is 7.94. The van der Waals surface area contributed by atoms with E-state index >= 15 is 0 Å². The maximum Gasteiger partial charge on any atom is 0.339 e. The highest BCUT2D eigenvalue weighted by Crippen LogP contribution is 2.35. The van der Waals surface area contributed by atoms with E-state index in [-0.39, 0.29) is 22.3 Å². The monoisotopic (exact) mass is 435 g/mol. The number of nitrogens with zero attached hydrogens (tertiary/aromatic N) is 1. The van der Waals surface area contributed by atoms with Crippen LogP contribution >= 0.6 is 24.0 Å². The molecule has 1 heterocycles. The van der Waals surface area contributed by atoms with Gasteiger partial charge >= 0.3 is 10.1 Å². The van der Waals surface area contributed by atoms with Crippen molar-refractivity contribution in [1.82, 2.24) is 4.90 Å². The molecule has 2 aromatic carbocycles. The molecule has 146 valence electrons. The minimum Gasteiger partial charge on any atom is -0.493 e. The van der Waals surface area contributed by atoms with E-state index in [2.05, 4.69) is 0 Å². The molecule has 9 heteroatoms. The zero-order chi connectivity index (χ0) is 20.5. The van der Waals surface area contributed by atoms with Crippen LogP contribution < -0.4 is 8.92 Å². The summed E-state index contributed by atoms with van der Waals surface area (Å²) in [4.78, 5) is 14.1. The summed E-state index contributed by atoms with van der Waals surface area (Å²) in [6, 6.07) is 11.1. The van der Waals surface area contributed by atoms with E-state index in [1.807, 2.05) is 6.92 Å². The fourth-order valence-electron chi connectivity index (χ4n) is 2.41. The molecule has 0 saturated carbocycles. The predicted octanol–water partition coefficient (Wildman–Crippen LogP) is 3.60. The molecule has 1 saturated heterocycles. The number of hydrogen-bond donors (Lipinski definition) is 0. The van der Waals surface area contributed by atoms with Crippen LogP contribution in [0.1, 0.15) is 11.1 Å². The molecule has 0 atom stereocenters.